The SMILES string of the molecule is Cc1ccccc1OCC(O)Cn1nc(C(F)(F)F)c2cnccc21. The second-order valence-corrected chi connectivity index (χ2v) is 5.65. The van der Waals surface area contributed by atoms with E-state index in [0.717, 1.165) is 16.4 Å². The summed E-state index contributed by atoms with van der Waals surface area (Å²) in [7, 11) is 0. The van der Waals surface area contributed by atoms with Gasteiger partial charge in [0.05, 0.1) is 17.4 Å². The lowest BCUT2D eigenvalue weighted by Crippen LogP contribution is -2.24. The zero-order chi connectivity index (χ0) is 18.0. The van der Waals surface area contributed by atoms with Crippen molar-refractivity contribution in [2.45, 2.75) is 25.7 Å². The number of halogens is 3. The number of fused-ring (bicyclic) bond motifs is 1. The molecule has 1 N–H and O–H groups in total. The summed E-state index contributed by atoms with van der Waals surface area (Å²) in [5.74, 6) is 0.618. The first-order chi connectivity index (χ1) is 11.9. The molecule has 0 fully saturated rings. The lowest BCUT2D eigenvalue weighted by molar-refractivity contribution is -0.140. The average Bonchev–Trinajstić information content (AvgIpc) is 2.93. The molecule has 8 heteroatoms. The Labute approximate surface area is 141 Å². The topological polar surface area (TPSA) is 60.2 Å². The monoisotopic (exact) mass is 351 g/mol. The number of aromatic nitrogens is 3. The van der Waals surface area contributed by atoms with Crippen LogP contribution in [0.15, 0.2) is 42.7 Å². The van der Waals surface area contributed by atoms with E-state index in [4.69, 9.17) is 4.74 Å². The number of hydrogen-bond donors (Lipinski definition) is 1. The summed E-state index contributed by atoms with van der Waals surface area (Å²) in [6.45, 7) is 1.69. The molecule has 2 heterocycles. The van der Waals surface area contributed by atoms with E-state index in [0.29, 0.717) is 5.75 Å². The highest BCUT2D eigenvalue weighted by Crippen LogP contribution is 2.33. The number of benzene rings is 1. The average molecular weight is 351 g/mol. The third-order valence-corrected chi connectivity index (χ3v) is 3.73. The molecular formula is C17H16F3N3O2. The lowest BCUT2D eigenvalue weighted by Gasteiger charge is -2.14. The summed E-state index contributed by atoms with van der Waals surface area (Å²) in [5.41, 5.74) is 0.157. The summed E-state index contributed by atoms with van der Waals surface area (Å²) in [6.07, 6.45) is -3.10. The van der Waals surface area contributed by atoms with Crippen LogP contribution < -0.4 is 4.74 Å². The zero-order valence-corrected chi connectivity index (χ0v) is 13.4. The summed E-state index contributed by atoms with van der Waals surface area (Å²) in [4.78, 5) is 3.72. The summed E-state index contributed by atoms with van der Waals surface area (Å²) in [6, 6.07) is 8.73. The van der Waals surface area contributed by atoms with Crippen LogP contribution in [0.1, 0.15) is 11.3 Å². The van der Waals surface area contributed by atoms with Gasteiger partial charge in [-0.05, 0) is 24.6 Å². The summed E-state index contributed by atoms with van der Waals surface area (Å²) in [5, 5.41) is 13.7. The van der Waals surface area contributed by atoms with Gasteiger partial charge in [0, 0.05) is 12.4 Å². The molecule has 0 saturated carbocycles. The van der Waals surface area contributed by atoms with Gasteiger partial charge in [-0.3, -0.25) is 9.67 Å². The number of alkyl halides is 3. The van der Waals surface area contributed by atoms with Gasteiger partial charge < -0.3 is 9.84 Å². The van der Waals surface area contributed by atoms with Crippen molar-refractivity contribution < 1.29 is 23.0 Å². The van der Waals surface area contributed by atoms with E-state index in [2.05, 4.69) is 10.1 Å². The Morgan fingerprint density at radius 2 is 2.00 bits per heavy atom. The van der Waals surface area contributed by atoms with Crippen LogP contribution in [0, 0.1) is 6.92 Å². The Hall–Kier alpha value is -2.61. The van der Waals surface area contributed by atoms with Gasteiger partial charge >= 0.3 is 6.18 Å². The van der Waals surface area contributed by atoms with Crippen LogP contribution in [0.4, 0.5) is 13.2 Å². The molecule has 0 aliphatic carbocycles. The van der Waals surface area contributed by atoms with E-state index >= 15 is 0 Å². The second kappa shape index (κ2) is 6.72. The third kappa shape index (κ3) is 3.74. The van der Waals surface area contributed by atoms with Gasteiger partial charge in [0.2, 0.25) is 0 Å². The van der Waals surface area contributed by atoms with E-state index in [-0.39, 0.29) is 24.1 Å². The molecule has 0 saturated heterocycles. The maximum atomic E-state index is 13.1. The predicted molar refractivity (Wildman–Crippen MR) is 85.2 cm³/mol. The molecule has 1 aromatic carbocycles. The van der Waals surface area contributed by atoms with Gasteiger partial charge in [-0.1, -0.05) is 18.2 Å². The molecule has 0 amide bonds. The highest BCUT2D eigenvalue weighted by molar-refractivity contribution is 5.81. The first kappa shape index (κ1) is 17.2. The van der Waals surface area contributed by atoms with Crippen molar-refractivity contribution in [3.8, 4) is 5.75 Å². The minimum atomic E-state index is -4.59. The molecule has 5 nitrogen and oxygen atoms in total. The van der Waals surface area contributed by atoms with Crippen molar-refractivity contribution in [1.82, 2.24) is 14.8 Å². The maximum Gasteiger partial charge on any atom is 0.435 e. The molecule has 0 spiro atoms. The second-order valence-electron chi connectivity index (χ2n) is 5.65. The van der Waals surface area contributed by atoms with Crippen LogP contribution in [0.5, 0.6) is 5.75 Å². The van der Waals surface area contributed by atoms with Crippen LogP contribution in [0.3, 0.4) is 0 Å². The predicted octanol–water partition coefficient (Wildman–Crippen LogP) is 3.20. The fourth-order valence-electron chi connectivity index (χ4n) is 2.53. The van der Waals surface area contributed by atoms with Crippen LogP contribution >= 0.6 is 0 Å². The molecule has 0 radical (unpaired) electrons. The lowest BCUT2D eigenvalue weighted by atomic mass is 10.2. The van der Waals surface area contributed by atoms with Gasteiger partial charge in [-0.25, -0.2) is 0 Å². The summed E-state index contributed by atoms with van der Waals surface area (Å²) < 4.78 is 45.9. The van der Waals surface area contributed by atoms with Crippen LogP contribution in [0.2, 0.25) is 0 Å². The van der Waals surface area contributed by atoms with E-state index in [1.165, 1.54) is 12.3 Å². The highest BCUT2D eigenvalue weighted by atomic mass is 19.4. The largest absolute Gasteiger partial charge is 0.491 e. The minimum absolute atomic E-state index is 0.0569. The fraction of sp³-hybridized carbons (Fsp3) is 0.294. The Morgan fingerprint density at radius 1 is 1.24 bits per heavy atom. The molecule has 1 unspecified atom stereocenters. The number of aliphatic hydroxyl groups excluding tert-OH is 1. The Morgan fingerprint density at radius 3 is 2.72 bits per heavy atom. The van der Waals surface area contributed by atoms with E-state index < -0.39 is 18.0 Å². The van der Waals surface area contributed by atoms with E-state index in [1.54, 1.807) is 12.1 Å². The van der Waals surface area contributed by atoms with Crippen molar-refractivity contribution in [3.05, 3.63) is 54.0 Å². The number of para-hydroxylation sites is 1. The Balaban J connectivity index is 1.77. The first-order valence-electron chi connectivity index (χ1n) is 7.60. The quantitative estimate of drug-likeness (QED) is 0.767. The van der Waals surface area contributed by atoms with Gasteiger partial charge in [-0.15, -0.1) is 0 Å². The summed E-state index contributed by atoms with van der Waals surface area (Å²) >= 11 is 0. The van der Waals surface area contributed by atoms with E-state index in [1.807, 2.05) is 19.1 Å². The number of rotatable bonds is 5. The molecular weight excluding hydrogens is 335 g/mol. The van der Waals surface area contributed by atoms with E-state index in [9.17, 15) is 18.3 Å². The molecule has 25 heavy (non-hydrogen) atoms. The molecule has 1 atom stereocenters. The normalized spacial score (nSPS) is 13.2. The fourth-order valence-corrected chi connectivity index (χ4v) is 2.53. The number of ether oxygens (including phenoxy) is 1. The van der Waals surface area contributed by atoms with Crippen LogP contribution in [-0.2, 0) is 12.7 Å². The first-order valence-corrected chi connectivity index (χ1v) is 7.60. The van der Waals surface area contributed by atoms with Gasteiger partial charge in [-0.2, -0.15) is 18.3 Å². The molecule has 0 aliphatic heterocycles. The number of aliphatic hydroxyl groups is 1. The number of hydrogen-bond acceptors (Lipinski definition) is 4. The highest BCUT2D eigenvalue weighted by Gasteiger charge is 2.37. The van der Waals surface area contributed by atoms with Crippen molar-refractivity contribution in [2.75, 3.05) is 6.61 Å². The standard InChI is InChI=1S/C17H16F3N3O2/c1-11-4-2-3-5-15(11)25-10-12(24)9-23-14-6-7-21-8-13(14)16(22-23)17(18,19)20/h2-8,12,24H,9-10H2,1H3. The number of aryl methyl sites for hydroxylation is 1. The molecule has 3 rings (SSSR count). The number of nitrogens with zero attached hydrogens (tertiary/aromatic N) is 3. The van der Waals surface area contributed by atoms with Crippen molar-refractivity contribution in [2.24, 2.45) is 0 Å². The van der Waals surface area contributed by atoms with Crippen LogP contribution in [0.25, 0.3) is 10.9 Å². The molecule has 0 aliphatic rings. The third-order valence-electron chi connectivity index (χ3n) is 3.73. The van der Waals surface area contributed by atoms with Crippen molar-refractivity contribution in [3.63, 3.8) is 0 Å². The Kier molecular flexibility index (Phi) is 4.63. The molecule has 2 aromatic heterocycles. The molecule has 0 bridgehead atoms. The minimum Gasteiger partial charge on any atom is -0.491 e. The van der Waals surface area contributed by atoms with Crippen molar-refractivity contribution in [1.29, 1.82) is 0 Å². The molecule has 132 valence electrons. The smallest absolute Gasteiger partial charge is 0.435 e. The van der Waals surface area contributed by atoms with Crippen LogP contribution in [-0.4, -0.2) is 32.6 Å². The van der Waals surface area contributed by atoms with Crippen molar-refractivity contribution >= 4 is 10.9 Å². The van der Waals surface area contributed by atoms with Gasteiger partial charge in [0.1, 0.15) is 18.5 Å². The maximum absolute atomic E-state index is 13.1. The zero-order valence-electron chi connectivity index (χ0n) is 13.4. The number of pyridine rings is 1. The Bertz CT molecular complexity index is 877. The van der Waals surface area contributed by atoms with Gasteiger partial charge in [0.15, 0.2) is 5.69 Å². The molecule has 3 aromatic rings. The van der Waals surface area contributed by atoms with Gasteiger partial charge in [0.25, 0.3) is 0 Å².